The molecule has 1 aromatic rings. The molecule has 0 aromatic heterocycles. The van der Waals surface area contributed by atoms with E-state index in [9.17, 15) is 23.3 Å². The first-order valence-corrected chi connectivity index (χ1v) is 11.4. The van der Waals surface area contributed by atoms with Crippen molar-refractivity contribution in [1.82, 2.24) is 4.72 Å². The Bertz CT molecular complexity index is 881. The van der Waals surface area contributed by atoms with Gasteiger partial charge in [-0.3, -0.25) is 14.9 Å². The molecular formula is C20H26N2O6S. The zero-order chi connectivity index (χ0) is 21.0. The van der Waals surface area contributed by atoms with Crippen molar-refractivity contribution in [3.05, 3.63) is 46.5 Å². The fraction of sp³-hybridized carbons (Fsp3) is 0.550. The molecule has 8 nitrogen and oxygen atoms in total. The van der Waals surface area contributed by atoms with Crippen molar-refractivity contribution in [3.63, 3.8) is 0 Å². The lowest BCUT2D eigenvalue weighted by Crippen LogP contribution is -2.43. The highest BCUT2D eigenvalue weighted by molar-refractivity contribution is 7.89. The minimum atomic E-state index is -3.75. The van der Waals surface area contributed by atoms with Crippen LogP contribution in [0, 0.1) is 27.9 Å². The van der Waals surface area contributed by atoms with Crippen LogP contribution in [0.5, 0.6) is 0 Å². The van der Waals surface area contributed by atoms with Crippen LogP contribution in [-0.4, -0.2) is 30.5 Å². The van der Waals surface area contributed by atoms with Gasteiger partial charge in [0.25, 0.3) is 5.69 Å². The topological polar surface area (TPSA) is 127 Å². The lowest BCUT2D eigenvalue weighted by atomic mass is 9.83. The molecule has 0 amide bonds. The van der Waals surface area contributed by atoms with Crippen LogP contribution in [0.3, 0.4) is 0 Å². The molecule has 29 heavy (non-hydrogen) atoms. The number of nitro groups is 1. The number of hydrogen-bond acceptors (Lipinski definition) is 5. The Morgan fingerprint density at radius 1 is 1.21 bits per heavy atom. The maximum atomic E-state index is 12.8. The van der Waals surface area contributed by atoms with Crippen LogP contribution < -0.4 is 4.72 Å². The largest absolute Gasteiger partial charge is 0.481 e. The molecule has 2 N–H and O–H groups in total. The number of unbranched alkanes of at least 4 members (excludes halogenated alkanes) is 1. The molecule has 2 aliphatic carbocycles. The van der Waals surface area contributed by atoms with Crippen molar-refractivity contribution in [3.8, 4) is 0 Å². The van der Waals surface area contributed by atoms with Gasteiger partial charge in [-0.25, -0.2) is 13.1 Å². The Kier molecular flexibility index (Phi) is 6.69. The van der Waals surface area contributed by atoms with E-state index in [2.05, 4.69) is 4.72 Å². The van der Waals surface area contributed by atoms with Crippen LogP contribution in [0.15, 0.2) is 41.3 Å². The van der Waals surface area contributed by atoms with Crippen molar-refractivity contribution in [2.24, 2.45) is 17.8 Å². The van der Waals surface area contributed by atoms with Crippen LogP contribution in [0.4, 0.5) is 5.69 Å². The lowest BCUT2D eigenvalue weighted by Gasteiger charge is -2.31. The molecule has 0 aliphatic heterocycles. The van der Waals surface area contributed by atoms with Crippen LogP contribution in [-0.2, 0) is 14.8 Å². The van der Waals surface area contributed by atoms with E-state index < -0.39 is 20.9 Å². The molecule has 1 aromatic carbocycles. The summed E-state index contributed by atoms with van der Waals surface area (Å²) in [6.07, 6.45) is 9.37. The van der Waals surface area contributed by atoms with Gasteiger partial charge in [-0.1, -0.05) is 12.2 Å². The predicted molar refractivity (Wildman–Crippen MR) is 107 cm³/mol. The number of allylic oxidation sites excluding steroid dienone is 2. The number of nitro benzene ring substituents is 1. The minimum Gasteiger partial charge on any atom is -0.481 e. The number of benzene rings is 1. The molecule has 2 fully saturated rings. The van der Waals surface area contributed by atoms with Gasteiger partial charge in [-0.2, -0.15) is 0 Å². The fourth-order valence-corrected chi connectivity index (χ4v) is 6.03. The first-order valence-electron chi connectivity index (χ1n) is 9.91. The number of sulfonamides is 1. The van der Waals surface area contributed by atoms with Gasteiger partial charge < -0.3 is 5.11 Å². The van der Waals surface area contributed by atoms with Crippen molar-refractivity contribution >= 4 is 21.7 Å². The minimum absolute atomic E-state index is 0.0360. The standard InChI is InChI=1S/C20H26N2O6S/c23-19(24)6-4-2-1-3-5-18-14-7-8-15(13-14)20(18)21-29(27,28)17-11-9-16(10-12-17)22(25)26/h1,3,9-12,14-15,18,20-21H,2,4-8,13H2,(H,23,24). The van der Waals surface area contributed by atoms with E-state index in [1.165, 1.54) is 24.3 Å². The Morgan fingerprint density at radius 3 is 2.55 bits per heavy atom. The van der Waals surface area contributed by atoms with Crippen molar-refractivity contribution in [1.29, 1.82) is 0 Å². The van der Waals surface area contributed by atoms with Crippen molar-refractivity contribution < 1.29 is 23.2 Å². The Hall–Kier alpha value is -2.26. The van der Waals surface area contributed by atoms with Gasteiger partial charge >= 0.3 is 5.97 Å². The highest BCUT2D eigenvalue weighted by Crippen LogP contribution is 2.50. The Balaban J connectivity index is 1.63. The second-order valence-electron chi connectivity index (χ2n) is 7.89. The highest BCUT2D eigenvalue weighted by atomic mass is 32.2. The van der Waals surface area contributed by atoms with E-state index in [4.69, 9.17) is 5.11 Å². The average molecular weight is 423 g/mol. The van der Waals surface area contributed by atoms with Crippen molar-refractivity contribution in [2.45, 2.75) is 55.9 Å². The molecule has 0 saturated heterocycles. The number of non-ortho nitro benzene ring substituents is 1. The molecule has 0 spiro atoms. The summed E-state index contributed by atoms with van der Waals surface area (Å²) in [5, 5.41) is 19.4. The summed E-state index contributed by atoms with van der Waals surface area (Å²) >= 11 is 0. The Morgan fingerprint density at radius 2 is 1.90 bits per heavy atom. The molecule has 2 aliphatic rings. The number of carboxylic acid groups (broad SMARTS) is 1. The van der Waals surface area contributed by atoms with Crippen molar-refractivity contribution in [2.75, 3.05) is 0 Å². The van der Waals surface area contributed by atoms with Gasteiger partial charge in [-0.05, 0) is 68.4 Å². The normalized spacial score (nSPS) is 26.2. The quantitative estimate of drug-likeness (QED) is 0.257. The molecule has 0 heterocycles. The third-order valence-electron chi connectivity index (χ3n) is 6.07. The maximum Gasteiger partial charge on any atom is 0.303 e. The fourth-order valence-electron chi connectivity index (χ4n) is 4.67. The third kappa shape index (κ3) is 5.22. The smallest absolute Gasteiger partial charge is 0.303 e. The summed E-state index contributed by atoms with van der Waals surface area (Å²) in [5.74, 6) is 0.232. The lowest BCUT2D eigenvalue weighted by molar-refractivity contribution is -0.384. The second kappa shape index (κ2) is 9.04. The summed E-state index contributed by atoms with van der Waals surface area (Å²) in [6.45, 7) is 0. The second-order valence-corrected chi connectivity index (χ2v) is 9.60. The van der Waals surface area contributed by atoms with Crippen LogP contribution >= 0.6 is 0 Å². The number of rotatable bonds is 10. The number of carboxylic acids is 1. The summed E-state index contributed by atoms with van der Waals surface area (Å²) in [4.78, 5) is 20.8. The molecule has 4 atom stereocenters. The number of nitrogens with one attached hydrogen (secondary N) is 1. The van der Waals surface area contributed by atoms with Gasteiger partial charge in [0, 0.05) is 24.6 Å². The van der Waals surface area contributed by atoms with Gasteiger partial charge in [0.05, 0.1) is 9.82 Å². The number of nitrogens with zero attached hydrogens (tertiary/aromatic N) is 1. The molecule has 158 valence electrons. The number of fused-ring (bicyclic) bond motifs is 2. The Labute approximate surface area is 170 Å². The molecule has 3 rings (SSSR count). The first kappa shape index (κ1) is 21.4. The van der Waals surface area contributed by atoms with E-state index in [1.807, 2.05) is 12.2 Å². The molecule has 9 heteroatoms. The van der Waals surface area contributed by atoms with E-state index in [-0.39, 0.29) is 29.0 Å². The average Bonchev–Trinajstić information content (AvgIpc) is 3.26. The first-order chi connectivity index (χ1) is 13.8. The van der Waals surface area contributed by atoms with E-state index >= 15 is 0 Å². The number of aliphatic carboxylic acids is 1. The molecule has 2 bridgehead atoms. The predicted octanol–water partition coefficient (Wildman–Crippen LogP) is 3.49. The van der Waals surface area contributed by atoms with Gasteiger partial charge in [0.1, 0.15) is 0 Å². The van der Waals surface area contributed by atoms with E-state index in [0.717, 1.165) is 25.7 Å². The number of carbonyl (C=O) groups is 1. The van der Waals surface area contributed by atoms with Gasteiger partial charge in [0.15, 0.2) is 0 Å². The summed E-state index contributed by atoms with van der Waals surface area (Å²) in [7, 11) is -3.75. The summed E-state index contributed by atoms with van der Waals surface area (Å²) in [6, 6.07) is 4.80. The molecular weight excluding hydrogens is 396 g/mol. The zero-order valence-electron chi connectivity index (χ0n) is 16.1. The van der Waals surface area contributed by atoms with Crippen LogP contribution in [0.1, 0.15) is 44.9 Å². The highest BCUT2D eigenvalue weighted by Gasteiger charge is 2.48. The monoisotopic (exact) mass is 422 g/mol. The van der Waals surface area contributed by atoms with Crippen LogP contribution in [0.2, 0.25) is 0 Å². The van der Waals surface area contributed by atoms with Crippen LogP contribution in [0.25, 0.3) is 0 Å². The zero-order valence-corrected chi connectivity index (χ0v) is 16.9. The molecule has 0 radical (unpaired) electrons. The van der Waals surface area contributed by atoms with Gasteiger partial charge in [0.2, 0.25) is 10.0 Å². The molecule has 2 saturated carbocycles. The third-order valence-corrected chi connectivity index (χ3v) is 7.55. The SMILES string of the molecule is O=C(O)CCCC=CCC1C2CCC(C2)C1NS(=O)(=O)c1ccc([N+](=O)[O-])cc1. The molecule has 4 unspecified atom stereocenters. The summed E-state index contributed by atoms with van der Waals surface area (Å²) < 4.78 is 28.5. The summed E-state index contributed by atoms with van der Waals surface area (Å²) in [5.41, 5.74) is -0.144. The van der Waals surface area contributed by atoms with Gasteiger partial charge in [-0.15, -0.1) is 0 Å². The van der Waals surface area contributed by atoms with E-state index in [1.54, 1.807) is 0 Å². The maximum absolute atomic E-state index is 12.8. The number of hydrogen-bond donors (Lipinski definition) is 2. The van der Waals surface area contributed by atoms with E-state index in [0.29, 0.717) is 24.7 Å².